The summed E-state index contributed by atoms with van der Waals surface area (Å²) in [6.07, 6.45) is 0.0465. The van der Waals surface area contributed by atoms with Crippen molar-refractivity contribution in [3.05, 3.63) is 50.9 Å². The van der Waals surface area contributed by atoms with Gasteiger partial charge in [0, 0.05) is 27.1 Å². The lowest BCUT2D eigenvalue weighted by molar-refractivity contribution is -0.121. The number of aryl methyl sites for hydroxylation is 1. The SMILES string of the molecule is CC(=N)N1C(=N)[C@H](CC(=O)NC(C)C)N=C(c2ccc(Cl)cc2)c2c1sc(C)c2C. The molecule has 0 saturated carbocycles. The Morgan fingerprint density at radius 3 is 2.50 bits per heavy atom. The highest BCUT2D eigenvalue weighted by atomic mass is 35.5. The van der Waals surface area contributed by atoms with E-state index in [-0.39, 0.29) is 30.0 Å². The zero-order chi connectivity index (χ0) is 22.2. The second-order valence-corrected chi connectivity index (χ2v) is 9.34. The van der Waals surface area contributed by atoms with Crippen molar-refractivity contribution in [2.75, 3.05) is 4.90 Å². The molecular weight excluding hydrogens is 418 g/mol. The molecule has 0 unspecified atom stereocenters. The van der Waals surface area contributed by atoms with Crippen LogP contribution in [0.25, 0.3) is 0 Å². The van der Waals surface area contributed by atoms with Crippen molar-refractivity contribution in [2.45, 2.75) is 53.1 Å². The van der Waals surface area contributed by atoms with Gasteiger partial charge in [0.1, 0.15) is 22.7 Å². The van der Waals surface area contributed by atoms with E-state index in [4.69, 9.17) is 27.4 Å². The molecule has 0 bridgehead atoms. The van der Waals surface area contributed by atoms with Gasteiger partial charge >= 0.3 is 0 Å². The summed E-state index contributed by atoms with van der Waals surface area (Å²) >= 11 is 7.63. The van der Waals surface area contributed by atoms with Crippen molar-refractivity contribution in [1.29, 1.82) is 10.8 Å². The number of carbonyl (C=O) groups excluding carboxylic acids is 1. The van der Waals surface area contributed by atoms with E-state index in [1.54, 1.807) is 23.2 Å². The normalized spacial score (nSPS) is 16.2. The summed E-state index contributed by atoms with van der Waals surface area (Å²) < 4.78 is 0. The van der Waals surface area contributed by atoms with Crippen LogP contribution in [-0.4, -0.2) is 35.4 Å². The number of nitrogens with one attached hydrogen (secondary N) is 3. The first-order valence-electron chi connectivity index (χ1n) is 9.77. The van der Waals surface area contributed by atoms with Crippen molar-refractivity contribution >= 4 is 51.2 Å². The van der Waals surface area contributed by atoms with E-state index in [9.17, 15) is 4.79 Å². The maximum absolute atomic E-state index is 12.5. The summed E-state index contributed by atoms with van der Waals surface area (Å²) in [6.45, 7) is 9.51. The van der Waals surface area contributed by atoms with Crippen molar-refractivity contribution in [2.24, 2.45) is 4.99 Å². The highest BCUT2D eigenvalue weighted by Gasteiger charge is 2.34. The van der Waals surface area contributed by atoms with Crippen LogP contribution in [0.4, 0.5) is 5.00 Å². The van der Waals surface area contributed by atoms with Crippen LogP contribution >= 0.6 is 22.9 Å². The lowest BCUT2D eigenvalue weighted by Gasteiger charge is -2.25. The monoisotopic (exact) mass is 443 g/mol. The van der Waals surface area contributed by atoms with Gasteiger partial charge in [-0.2, -0.15) is 0 Å². The van der Waals surface area contributed by atoms with Crippen molar-refractivity contribution in [1.82, 2.24) is 5.32 Å². The number of aliphatic imine (C=N–C) groups is 1. The zero-order valence-corrected chi connectivity index (χ0v) is 19.3. The Bertz CT molecular complexity index is 1040. The Morgan fingerprint density at radius 2 is 1.93 bits per heavy atom. The molecule has 1 aliphatic heterocycles. The average Bonchev–Trinajstić information content (AvgIpc) is 2.86. The second-order valence-electron chi connectivity index (χ2n) is 7.70. The quantitative estimate of drug-likeness (QED) is 0.461. The van der Waals surface area contributed by atoms with E-state index in [0.29, 0.717) is 5.02 Å². The van der Waals surface area contributed by atoms with Gasteiger partial charge in [-0.25, -0.2) is 0 Å². The standard InChI is InChI=1S/C22H26ClN5OS/c1-11(2)26-18(29)10-17-21(25)28(14(5)24)22-19(12(3)13(4)30-22)20(27-17)15-6-8-16(23)9-7-15/h6-9,11,17,24-25H,10H2,1-5H3,(H,26,29)/t17-/m0/s1. The molecule has 1 aromatic carbocycles. The van der Waals surface area contributed by atoms with Crippen LogP contribution in [0.5, 0.6) is 0 Å². The van der Waals surface area contributed by atoms with E-state index in [2.05, 4.69) is 5.32 Å². The number of nitrogens with zero attached hydrogens (tertiary/aromatic N) is 2. The largest absolute Gasteiger partial charge is 0.354 e. The van der Waals surface area contributed by atoms with Gasteiger partial charge in [0.2, 0.25) is 5.91 Å². The maximum Gasteiger partial charge on any atom is 0.222 e. The summed E-state index contributed by atoms with van der Waals surface area (Å²) in [6, 6.07) is 6.73. The van der Waals surface area contributed by atoms with Crippen LogP contribution in [0.1, 0.15) is 48.8 Å². The molecule has 2 heterocycles. The van der Waals surface area contributed by atoms with Gasteiger partial charge in [-0.15, -0.1) is 11.3 Å². The summed E-state index contributed by atoms with van der Waals surface area (Å²) in [5.41, 5.74) is 3.56. The molecule has 0 radical (unpaired) electrons. The molecule has 8 heteroatoms. The lowest BCUT2D eigenvalue weighted by Crippen LogP contribution is -2.42. The number of amides is 1. The fourth-order valence-electron chi connectivity index (χ4n) is 3.44. The van der Waals surface area contributed by atoms with Crippen LogP contribution in [0, 0.1) is 24.7 Å². The van der Waals surface area contributed by atoms with E-state index in [1.807, 2.05) is 52.0 Å². The molecule has 6 nitrogen and oxygen atoms in total. The number of hydrogen-bond donors (Lipinski definition) is 3. The fraction of sp³-hybridized carbons (Fsp3) is 0.364. The van der Waals surface area contributed by atoms with E-state index < -0.39 is 6.04 Å². The average molecular weight is 444 g/mol. The smallest absolute Gasteiger partial charge is 0.222 e. The molecule has 30 heavy (non-hydrogen) atoms. The fourth-order valence-corrected chi connectivity index (χ4v) is 4.79. The number of benzene rings is 1. The van der Waals surface area contributed by atoms with E-state index in [1.165, 1.54) is 0 Å². The van der Waals surface area contributed by atoms with Crippen LogP contribution in [0.15, 0.2) is 29.3 Å². The topological polar surface area (TPSA) is 92.4 Å². The summed E-state index contributed by atoms with van der Waals surface area (Å²) in [4.78, 5) is 20.1. The first-order chi connectivity index (χ1) is 14.1. The van der Waals surface area contributed by atoms with Gasteiger partial charge in [-0.3, -0.25) is 25.5 Å². The molecule has 0 fully saturated rings. The van der Waals surface area contributed by atoms with Gasteiger partial charge in [0.25, 0.3) is 0 Å². The molecular formula is C22H26ClN5OS. The Labute approximate surface area is 186 Å². The molecule has 3 N–H and O–H groups in total. The first-order valence-corrected chi connectivity index (χ1v) is 11.0. The van der Waals surface area contributed by atoms with Crippen molar-refractivity contribution in [3.8, 4) is 0 Å². The Hall–Kier alpha value is -2.51. The van der Waals surface area contributed by atoms with Gasteiger partial charge in [-0.1, -0.05) is 23.7 Å². The number of fused-ring (bicyclic) bond motifs is 1. The summed E-state index contributed by atoms with van der Waals surface area (Å²) in [5.74, 6) is 0.192. The minimum Gasteiger partial charge on any atom is -0.354 e. The van der Waals surface area contributed by atoms with Gasteiger partial charge in [-0.05, 0) is 52.3 Å². The molecule has 158 valence electrons. The zero-order valence-electron chi connectivity index (χ0n) is 17.8. The molecule has 3 rings (SSSR count). The first kappa shape index (κ1) is 22.2. The Morgan fingerprint density at radius 1 is 1.30 bits per heavy atom. The van der Waals surface area contributed by atoms with Crippen molar-refractivity contribution < 1.29 is 4.79 Å². The molecule has 1 atom stereocenters. The minimum absolute atomic E-state index is 0.00395. The number of hydrogen-bond acceptors (Lipinski definition) is 5. The summed E-state index contributed by atoms with van der Waals surface area (Å²) in [7, 11) is 0. The molecule has 0 saturated heterocycles. The highest BCUT2D eigenvalue weighted by Crippen LogP contribution is 2.40. The minimum atomic E-state index is -0.700. The second kappa shape index (κ2) is 8.70. The number of carbonyl (C=O) groups is 1. The van der Waals surface area contributed by atoms with Gasteiger partial charge < -0.3 is 5.32 Å². The van der Waals surface area contributed by atoms with Crippen LogP contribution in [0.3, 0.4) is 0 Å². The van der Waals surface area contributed by atoms with E-state index >= 15 is 0 Å². The summed E-state index contributed by atoms with van der Waals surface area (Å²) in [5, 5.41) is 21.5. The molecule has 1 aromatic heterocycles. The van der Waals surface area contributed by atoms with Crippen molar-refractivity contribution in [3.63, 3.8) is 0 Å². The third-order valence-corrected chi connectivity index (χ3v) is 6.37. The predicted octanol–water partition coefficient (Wildman–Crippen LogP) is 4.93. The highest BCUT2D eigenvalue weighted by molar-refractivity contribution is 7.17. The predicted molar refractivity (Wildman–Crippen MR) is 126 cm³/mol. The van der Waals surface area contributed by atoms with Crippen LogP contribution in [0.2, 0.25) is 5.02 Å². The van der Waals surface area contributed by atoms with Crippen LogP contribution < -0.4 is 10.2 Å². The van der Waals surface area contributed by atoms with E-state index in [0.717, 1.165) is 32.3 Å². The molecule has 0 aliphatic carbocycles. The molecule has 0 spiro atoms. The van der Waals surface area contributed by atoms with Crippen LogP contribution in [-0.2, 0) is 4.79 Å². The number of halogens is 1. The molecule has 1 amide bonds. The maximum atomic E-state index is 12.5. The molecule has 1 aliphatic rings. The number of anilines is 1. The lowest BCUT2D eigenvalue weighted by atomic mass is 9.99. The third kappa shape index (κ3) is 4.32. The third-order valence-electron chi connectivity index (χ3n) is 4.93. The number of thiophene rings is 1. The number of rotatable bonds is 4. The van der Waals surface area contributed by atoms with Gasteiger partial charge in [0.15, 0.2) is 0 Å². The molecule has 2 aromatic rings. The Kier molecular flexibility index (Phi) is 6.43. The van der Waals surface area contributed by atoms with Gasteiger partial charge in [0.05, 0.1) is 12.1 Å². The Balaban J connectivity index is 2.21. The number of amidine groups is 2.